The second-order valence-corrected chi connectivity index (χ2v) is 6.44. The van der Waals surface area contributed by atoms with Gasteiger partial charge in [-0.05, 0) is 37.7 Å². The van der Waals surface area contributed by atoms with E-state index in [0.29, 0.717) is 0 Å². The second kappa shape index (κ2) is 11.5. The fraction of sp³-hybridized carbons (Fsp3) is 0.619. The van der Waals surface area contributed by atoms with Gasteiger partial charge in [-0.2, -0.15) is 0 Å². The van der Waals surface area contributed by atoms with Crippen LogP contribution >= 0.6 is 0 Å². The van der Waals surface area contributed by atoms with Gasteiger partial charge in [-0.25, -0.2) is 0 Å². The average Bonchev–Trinajstić information content (AvgIpc) is 2.55. The Morgan fingerprint density at radius 2 is 1.64 bits per heavy atom. The SMILES string of the molecule is CCCCCC/C=C/C(O)(CCCC)CCc1ccccc1. The van der Waals surface area contributed by atoms with Crippen LogP contribution in [0.1, 0.15) is 77.2 Å². The number of hydrogen-bond acceptors (Lipinski definition) is 1. The van der Waals surface area contributed by atoms with Crippen LogP contribution < -0.4 is 0 Å². The number of allylic oxidation sites excluding steroid dienone is 1. The molecule has 0 aliphatic rings. The highest BCUT2D eigenvalue weighted by molar-refractivity contribution is 5.16. The van der Waals surface area contributed by atoms with Crippen LogP contribution in [-0.2, 0) is 6.42 Å². The Hall–Kier alpha value is -1.08. The van der Waals surface area contributed by atoms with Gasteiger partial charge in [0.25, 0.3) is 0 Å². The summed E-state index contributed by atoms with van der Waals surface area (Å²) in [6.07, 6.45) is 15.4. The van der Waals surface area contributed by atoms with Crippen molar-refractivity contribution in [3.8, 4) is 0 Å². The van der Waals surface area contributed by atoms with Gasteiger partial charge in [-0.15, -0.1) is 0 Å². The van der Waals surface area contributed by atoms with Gasteiger partial charge >= 0.3 is 0 Å². The lowest BCUT2D eigenvalue weighted by Gasteiger charge is -2.25. The minimum atomic E-state index is -0.628. The van der Waals surface area contributed by atoms with E-state index >= 15 is 0 Å². The number of rotatable bonds is 12. The van der Waals surface area contributed by atoms with Crippen molar-refractivity contribution in [3.63, 3.8) is 0 Å². The van der Waals surface area contributed by atoms with Gasteiger partial charge in [-0.1, -0.05) is 88.4 Å². The lowest BCUT2D eigenvalue weighted by molar-refractivity contribution is 0.0698. The third kappa shape index (κ3) is 8.38. The molecule has 1 unspecified atom stereocenters. The molecule has 0 fully saturated rings. The van der Waals surface area contributed by atoms with Crippen LogP contribution in [-0.4, -0.2) is 10.7 Å². The Morgan fingerprint density at radius 1 is 0.909 bits per heavy atom. The van der Waals surface area contributed by atoms with Gasteiger partial charge in [0.1, 0.15) is 0 Å². The molecule has 1 aromatic carbocycles. The molecule has 1 rings (SSSR count). The Labute approximate surface area is 137 Å². The molecule has 0 bridgehead atoms. The van der Waals surface area contributed by atoms with Crippen LogP contribution in [0.5, 0.6) is 0 Å². The lowest BCUT2D eigenvalue weighted by Crippen LogP contribution is -2.26. The number of hydrogen-bond donors (Lipinski definition) is 1. The van der Waals surface area contributed by atoms with Crippen LogP contribution in [0.15, 0.2) is 42.5 Å². The van der Waals surface area contributed by atoms with Crippen LogP contribution in [0, 0.1) is 0 Å². The first-order valence-electron chi connectivity index (χ1n) is 9.14. The third-order valence-electron chi connectivity index (χ3n) is 4.31. The molecule has 0 aliphatic heterocycles. The largest absolute Gasteiger partial charge is 0.386 e. The van der Waals surface area contributed by atoms with E-state index in [-0.39, 0.29) is 0 Å². The summed E-state index contributed by atoms with van der Waals surface area (Å²) < 4.78 is 0. The zero-order valence-electron chi connectivity index (χ0n) is 14.6. The topological polar surface area (TPSA) is 20.2 Å². The summed E-state index contributed by atoms with van der Waals surface area (Å²) in [4.78, 5) is 0. The molecule has 124 valence electrons. The third-order valence-corrected chi connectivity index (χ3v) is 4.31. The highest BCUT2D eigenvalue weighted by atomic mass is 16.3. The van der Waals surface area contributed by atoms with E-state index in [2.05, 4.69) is 50.3 Å². The van der Waals surface area contributed by atoms with E-state index in [1.807, 2.05) is 6.07 Å². The second-order valence-electron chi connectivity index (χ2n) is 6.44. The molecule has 0 amide bonds. The Balaban J connectivity index is 2.47. The van der Waals surface area contributed by atoms with E-state index in [1.54, 1.807) is 0 Å². The Bertz CT molecular complexity index is 396. The smallest absolute Gasteiger partial charge is 0.0830 e. The summed E-state index contributed by atoms with van der Waals surface area (Å²) in [6, 6.07) is 10.5. The average molecular weight is 303 g/mol. The molecule has 1 N–H and O–H groups in total. The Kier molecular flexibility index (Phi) is 9.90. The molecular weight excluding hydrogens is 268 g/mol. The number of aryl methyl sites for hydroxylation is 1. The molecule has 1 aromatic rings. The molecular formula is C21H34O. The normalized spacial score (nSPS) is 14.3. The first-order chi connectivity index (χ1) is 10.7. The molecule has 22 heavy (non-hydrogen) atoms. The molecule has 0 heterocycles. The van der Waals surface area contributed by atoms with Gasteiger partial charge in [0.05, 0.1) is 5.60 Å². The summed E-state index contributed by atoms with van der Waals surface area (Å²) in [5.41, 5.74) is 0.685. The molecule has 0 aromatic heterocycles. The fourth-order valence-electron chi connectivity index (χ4n) is 2.77. The van der Waals surface area contributed by atoms with Crippen molar-refractivity contribution in [3.05, 3.63) is 48.0 Å². The highest BCUT2D eigenvalue weighted by Gasteiger charge is 2.22. The predicted octanol–water partition coefficient (Wildman–Crippen LogP) is 6.07. The monoisotopic (exact) mass is 302 g/mol. The standard InChI is InChI=1S/C21H34O/c1-3-5-7-8-9-13-18-21(22,17-6-4-2)19-16-20-14-11-10-12-15-20/h10-15,18,22H,3-9,16-17,19H2,1-2H3/b18-13+. The van der Waals surface area contributed by atoms with Crippen molar-refractivity contribution >= 4 is 0 Å². The van der Waals surface area contributed by atoms with E-state index in [4.69, 9.17) is 0 Å². The van der Waals surface area contributed by atoms with Gasteiger partial charge < -0.3 is 5.11 Å². The van der Waals surface area contributed by atoms with Gasteiger partial charge in [0.15, 0.2) is 0 Å². The summed E-state index contributed by atoms with van der Waals surface area (Å²) in [7, 11) is 0. The molecule has 1 heteroatoms. The maximum absolute atomic E-state index is 10.9. The van der Waals surface area contributed by atoms with Crippen molar-refractivity contribution in [2.45, 2.75) is 83.7 Å². The highest BCUT2D eigenvalue weighted by Crippen LogP contribution is 2.23. The van der Waals surface area contributed by atoms with E-state index in [0.717, 1.165) is 38.5 Å². The summed E-state index contributed by atoms with van der Waals surface area (Å²) >= 11 is 0. The maximum atomic E-state index is 10.9. The molecule has 1 atom stereocenters. The van der Waals surface area contributed by atoms with Crippen LogP contribution in [0.2, 0.25) is 0 Å². The zero-order chi connectivity index (χ0) is 16.1. The van der Waals surface area contributed by atoms with Crippen molar-refractivity contribution in [2.75, 3.05) is 0 Å². The van der Waals surface area contributed by atoms with Gasteiger partial charge in [0.2, 0.25) is 0 Å². The molecule has 0 saturated heterocycles. The summed E-state index contributed by atoms with van der Waals surface area (Å²) in [6.45, 7) is 4.43. The molecule has 0 radical (unpaired) electrons. The predicted molar refractivity (Wildman–Crippen MR) is 97.1 cm³/mol. The number of unbranched alkanes of at least 4 members (excludes halogenated alkanes) is 5. The van der Waals surface area contributed by atoms with Crippen molar-refractivity contribution < 1.29 is 5.11 Å². The van der Waals surface area contributed by atoms with Crippen LogP contribution in [0.25, 0.3) is 0 Å². The lowest BCUT2D eigenvalue weighted by atomic mass is 9.89. The first kappa shape index (κ1) is 19.0. The molecule has 0 aliphatic carbocycles. The molecule has 1 nitrogen and oxygen atoms in total. The fourth-order valence-corrected chi connectivity index (χ4v) is 2.77. The number of benzene rings is 1. The van der Waals surface area contributed by atoms with E-state index < -0.39 is 5.60 Å². The quantitative estimate of drug-likeness (QED) is 0.367. The zero-order valence-corrected chi connectivity index (χ0v) is 14.6. The first-order valence-corrected chi connectivity index (χ1v) is 9.14. The molecule has 0 spiro atoms. The molecule has 0 saturated carbocycles. The van der Waals surface area contributed by atoms with Crippen molar-refractivity contribution in [1.82, 2.24) is 0 Å². The minimum Gasteiger partial charge on any atom is -0.386 e. The maximum Gasteiger partial charge on any atom is 0.0830 e. The van der Waals surface area contributed by atoms with E-state index in [9.17, 15) is 5.11 Å². The van der Waals surface area contributed by atoms with Gasteiger partial charge in [-0.3, -0.25) is 0 Å². The summed E-state index contributed by atoms with van der Waals surface area (Å²) in [5.74, 6) is 0. The van der Waals surface area contributed by atoms with Gasteiger partial charge in [0, 0.05) is 0 Å². The van der Waals surface area contributed by atoms with E-state index in [1.165, 1.54) is 31.2 Å². The minimum absolute atomic E-state index is 0.628. The Morgan fingerprint density at radius 3 is 2.32 bits per heavy atom. The van der Waals surface area contributed by atoms with Crippen LogP contribution in [0.3, 0.4) is 0 Å². The van der Waals surface area contributed by atoms with Crippen LogP contribution in [0.4, 0.5) is 0 Å². The van der Waals surface area contributed by atoms with Crippen molar-refractivity contribution in [2.24, 2.45) is 0 Å². The number of aliphatic hydroxyl groups is 1. The summed E-state index contributed by atoms with van der Waals surface area (Å²) in [5, 5.41) is 10.9. The van der Waals surface area contributed by atoms with Crippen molar-refractivity contribution in [1.29, 1.82) is 0 Å².